The molecule has 158 valence electrons. The molecule has 0 spiro atoms. The molecule has 0 saturated carbocycles. The molecule has 0 aliphatic heterocycles. The van der Waals surface area contributed by atoms with Gasteiger partial charge in [0.1, 0.15) is 5.75 Å². The highest BCUT2D eigenvalue weighted by molar-refractivity contribution is 6.31. The van der Waals surface area contributed by atoms with Gasteiger partial charge in [0.25, 0.3) is 0 Å². The van der Waals surface area contributed by atoms with E-state index in [-0.39, 0.29) is 0 Å². The zero-order valence-electron chi connectivity index (χ0n) is 17.5. The molecule has 30 heavy (non-hydrogen) atoms. The van der Waals surface area contributed by atoms with E-state index in [1.165, 1.54) is 0 Å². The molecule has 3 rings (SSSR count). The third-order valence-electron chi connectivity index (χ3n) is 5.30. The molecular formula is C24H27ClN2O3. The Bertz CT molecular complexity index is 1040. The van der Waals surface area contributed by atoms with E-state index in [0.717, 1.165) is 33.8 Å². The molecule has 5 nitrogen and oxygen atoms in total. The van der Waals surface area contributed by atoms with Crippen LogP contribution in [0.4, 0.5) is 0 Å². The van der Waals surface area contributed by atoms with Crippen LogP contribution < -0.4 is 10.1 Å². The minimum absolute atomic E-state index is 0.352. The Morgan fingerprint density at radius 1 is 1.03 bits per heavy atom. The van der Waals surface area contributed by atoms with E-state index in [1.807, 2.05) is 73.9 Å². The first kappa shape index (κ1) is 21.9. The van der Waals surface area contributed by atoms with Crippen LogP contribution in [0.25, 0.3) is 0 Å². The molecule has 0 aliphatic carbocycles. The number of ether oxygens (including phenoxy) is 1. The fraction of sp³-hybridized carbons (Fsp3) is 0.292. The van der Waals surface area contributed by atoms with Gasteiger partial charge in [-0.05, 0) is 38.5 Å². The highest BCUT2D eigenvalue weighted by atomic mass is 35.5. The quantitative estimate of drug-likeness (QED) is 0.494. The lowest BCUT2D eigenvalue weighted by Gasteiger charge is -2.12. The Hall–Kier alpha value is -2.76. The zero-order chi connectivity index (χ0) is 21.7. The van der Waals surface area contributed by atoms with Crippen LogP contribution in [0, 0.1) is 13.8 Å². The number of rotatable bonds is 9. The largest absolute Gasteiger partial charge is 0.494 e. The predicted octanol–water partition coefficient (Wildman–Crippen LogP) is 5.19. The van der Waals surface area contributed by atoms with Crippen molar-refractivity contribution in [2.24, 2.45) is 0 Å². The first-order chi connectivity index (χ1) is 14.4. The summed E-state index contributed by atoms with van der Waals surface area (Å²) in [6.45, 7) is 7.93. The molecule has 0 saturated heterocycles. The van der Waals surface area contributed by atoms with E-state index in [9.17, 15) is 9.90 Å². The minimum Gasteiger partial charge on any atom is -0.494 e. The van der Waals surface area contributed by atoms with Gasteiger partial charge in [-0.3, -0.25) is 0 Å². The number of para-hydroxylation sites is 1. The molecule has 0 radical (unpaired) electrons. The van der Waals surface area contributed by atoms with Crippen molar-refractivity contribution in [3.05, 3.63) is 87.2 Å². The Morgan fingerprint density at radius 2 is 1.70 bits per heavy atom. The fourth-order valence-electron chi connectivity index (χ4n) is 3.75. The fourth-order valence-corrected chi connectivity index (χ4v) is 3.95. The van der Waals surface area contributed by atoms with Gasteiger partial charge in [0.05, 0.1) is 12.2 Å². The standard InChI is InChI=1S/C24H27ClN2O3/c1-4-30-22-12-8-6-9-18(22)13-26-14-20-16(2)27(17(3)23(20)24(28)29)15-19-10-5-7-11-21(19)25/h5-12,26H,4,13-15H2,1-3H3,(H,28,29). The van der Waals surface area contributed by atoms with Crippen LogP contribution in [0.15, 0.2) is 48.5 Å². The summed E-state index contributed by atoms with van der Waals surface area (Å²) in [5, 5.41) is 13.9. The molecule has 0 atom stereocenters. The number of halogens is 1. The van der Waals surface area contributed by atoms with Crippen molar-refractivity contribution in [2.75, 3.05) is 6.61 Å². The third kappa shape index (κ3) is 4.69. The molecule has 6 heteroatoms. The van der Waals surface area contributed by atoms with Gasteiger partial charge in [0, 0.05) is 47.2 Å². The third-order valence-corrected chi connectivity index (χ3v) is 5.67. The van der Waals surface area contributed by atoms with Gasteiger partial charge in [-0.1, -0.05) is 48.0 Å². The zero-order valence-corrected chi connectivity index (χ0v) is 18.3. The molecule has 0 aliphatic rings. The van der Waals surface area contributed by atoms with E-state index in [4.69, 9.17) is 16.3 Å². The molecule has 0 unspecified atom stereocenters. The number of hydrogen-bond donors (Lipinski definition) is 2. The minimum atomic E-state index is -0.917. The Labute approximate surface area is 182 Å². The van der Waals surface area contributed by atoms with Crippen molar-refractivity contribution >= 4 is 17.6 Å². The first-order valence-corrected chi connectivity index (χ1v) is 10.4. The van der Waals surface area contributed by atoms with Crippen LogP contribution in [-0.2, 0) is 19.6 Å². The van der Waals surface area contributed by atoms with Crippen molar-refractivity contribution in [1.82, 2.24) is 9.88 Å². The van der Waals surface area contributed by atoms with Gasteiger partial charge in [0.2, 0.25) is 0 Å². The van der Waals surface area contributed by atoms with E-state index < -0.39 is 5.97 Å². The lowest BCUT2D eigenvalue weighted by Crippen LogP contribution is -2.16. The number of benzene rings is 2. The second-order valence-electron chi connectivity index (χ2n) is 7.15. The maximum atomic E-state index is 12.0. The van der Waals surface area contributed by atoms with Crippen molar-refractivity contribution < 1.29 is 14.6 Å². The maximum absolute atomic E-state index is 12.0. The first-order valence-electron chi connectivity index (χ1n) is 10.0. The Morgan fingerprint density at radius 3 is 2.37 bits per heavy atom. The number of carboxylic acid groups (broad SMARTS) is 1. The average Bonchev–Trinajstić information content (AvgIpc) is 2.95. The predicted molar refractivity (Wildman–Crippen MR) is 120 cm³/mol. The number of carbonyl (C=O) groups is 1. The molecule has 0 bridgehead atoms. The van der Waals surface area contributed by atoms with Crippen LogP contribution in [-0.4, -0.2) is 22.2 Å². The molecule has 0 fully saturated rings. The smallest absolute Gasteiger partial charge is 0.337 e. The molecule has 0 amide bonds. The van der Waals surface area contributed by atoms with Crippen molar-refractivity contribution in [2.45, 2.75) is 40.4 Å². The van der Waals surface area contributed by atoms with Crippen LogP contribution >= 0.6 is 11.6 Å². The number of aromatic nitrogens is 1. The number of aromatic carboxylic acids is 1. The Kier molecular flexibility index (Phi) is 7.19. The van der Waals surface area contributed by atoms with E-state index >= 15 is 0 Å². The summed E-state index contributed by atoms with van der Waals surface area (Å²) in [5.74, 6) is -0.0739. The number of hydrogen-bond acceptors (Lipinski definition) is 3. The molecule has 1 aromatic heterocycles. The van der Waals surface area contributed by atoms with Gasteiger partial charge in [-0.25, -0.2) is 4.79 Å². The van der Waals surface area contributed by atoms with Crippen molar-refractivity contribution in [3.8, 4) is 5.75 Å². The molecular weight excluding hydrogens is 400 g/mol. The summed E-state index contributed by atoms with van der Waals surface area (Å²) in [6, 6.07) is 15.5. The summed E-state index contributed by atoms with van der Waals surface area (Å²) in [6.07, 6.45) is 0. The highest BCUT2D eigenvalue weighted by Gasteiger charge is 2.22. The monoisotopic (exact) mass is 426 g/mol. The number of carboxylic acids is 1. The van der Waals surface area contributed by atoms with Crippen LogP contribution in [0.2, 0.25) is 5.02 Å². The van der Waals surface area contributed by atoms with Crippen molar-refractivity contribution in [1.29, 1.82) is 0 Å². The summed E-state index contributed by atoms with van der Waals surface area (Å²) in [4.78, 5) is 12.0. The van der Waals surface area contributed by atoms with Crippen molar-refractivity contribution in [3.63, 3.8) is 0 Å². The second kappa shape index (κ2) is 9.83. The SMILES string of the molecule is CCOc1ccccc1CNCc1c(C(=O)O)c(C)n(Cc2ccccc2Cl)c1C. The summed E-state index contributed by atoms with van der Waals surface area (Å²) in [7, 11) is 0. The number of nitrogens with zero attached hydrogens (tertiary/aromatic N) is 1. The van der Waals surface area contributed by atoms with Gasteiger partial charge in [0.15, 0.2) is 0 Å². The summed E-state index contributed by atoms with van der Waals surface area (Å²) < 4.78 is 7.70. The van der Waals surface area contributed by atoms with Gasteiger partial charge >= 0.3 is 5.97 Å². The Balaban J connectivity index is 1.84. The normalized spacial score (nSPS) is 10.9. The second-order valence-corrected chi connectivity index (χ2v) is 7.56. The molecule has 3 aromatic rings. The highest BCUT2D eigenvalue weighted by Crippen LogP contribution is 2.26. The lowest BCUT2D eigenvalue weighted by molar-refractivity contribution is 0.0694. The summed E-state index contributed by atoms with van der Waals surface area (Å²) >= 11 is 6.33. The topological polar surface area (TPSA) is 63.5 Å². The van der Waals surface area contributed by atoms with Gasteiger partial charge < -0.3 is 19.7 Å². The molecule has 2 N–H and O–H groups in total. The van der Waals surface area contributed by atoms with Crippen LogP contribution in [0.3, 0.4) is 0 Å². The number of nitrogens with one attached hydrogen (secondary N) is 1. The maximum Gasteiger partial charge on any atom is 0.337 e. The van der Waals surface area contributed by atoms with E-state index in [1.54, 1.807) is 0 Å². The van der Waals surface area contributed by atoms with E-state index in [0.29, 0.717) is 36.8 Å². The van der Waals surface area contributed by atoms with Gasteiger partial charge in [-0.2, -0.15) is 0 Å². The molecule has 2 aromatic carbocycles. The molecule has 1 heterocycles. The van der Waals surface area contributed by atoms with Gasteiger partial charge in [-0.15, -0.1) is 0 Å². The summed E-state index contributed by atoms with van der Waals surface area (Å²) in [5.41, 5.74) is 4.80. The van der Waals surface area contributed by atoms with Crippen LogP contribution in [0.5, 0.6) is 5.75 Å². The average molecular weight is 427 g/mol. The van der Waals surface area contributed by atoms with E-state index in [2.05, 4.69) is 5.32 Å². The lowest BCUT2D eigenvalue weighted by atomic mass is 10.1. The van der Waals surface area contributed by atoms with Crippen LogP contribution in [0.1, 0.15) is 45.4 Å².